The van der Waals surface area contributed by atoms with Gasteiger partial charge in [-0.1, -0.05) is 13.8 Å². The Kier molecular flexibility index (Phi) is 13.7. The van der Waals surface area contributed by atoms with Gasteiger partial charge in [-0.15, -0.1) is 0 Å². The Bertz CT molecular complexity index is 71.3. The maximum Gasteiger partial charge on any atom is 0.305 e. The van der Waals surface area contributed by atoms with E-state index in [0.717, 1.165) is 13.5 Å². The summed E-state index contributed by atoms with van der Waals surface area (Å²) in [6.45, 7) is 4.33. The van der Waals surface area contributed by atoms with E-state index in [2.05, 4.69) is 0 Å². The zero-order valence-electron chi connectivity index (χ0n) is 6.89. The molecule has 0 atom stereocenters. The van der Waals surface area contributed by atoms with Gasteiger partial charge in [-0.2, -0.15) is 0 Å². The molecule has 0 aromatic heterocycles. The van der Waals surface area contributed by atoms with Crippen LogP contribution in [0.5, 0.6) is 0 Å². The topological polar surface area (TPSA) is 46.5 Å². The third-order valence-electron chi connectivity index (χ3n) is 0.756. The number of ether oxygens (including phenoxy) is 1. The van der Waals surface area contributed by atoms with E-state index in [0.29, 0.717) is 13.0 Å². The Hall–Kier alpha value is -0.570. The van der Waals surface area contributed by atoms with Crippen molar-refractivity contribution in [2.24, 2.45) is 0 Å². The number of carbonyl (C=O) groups is 1. The van der Waals surface area contributed by atoms with Gasteiger partial charge in [0.25, 0.3) is 0 Å². The Labute approximate surface area is 62.0 Å². The molecular formula is C7H16O3. The molecular weight excluding hydrogens is 132 g/mol. The van der Waals surface area contributed by atoms with Crippen LogP contribution in [0.4, 0.5) is 0 Å². The lowest BCUT2D eigenvalue weighted by molar-refractivity contribution is -0.143. The number of aliphatic hydroxyl groups excluding tert-OH is 1. The highest BCUT2D eigenvalue weighted by atomic mass is 16.5. The molecule has 0 spiro atoms. The maximum absolute atomic E-state index is 10.3. The zero-order valence-corrected chi connectivity index (χ0v) is 6.89. The van der Waals surface area contributed by atoms with Crippen LogP contribution < -0.4 is 0 Å². The van der Waals surface area contributed by atoms with Crippen LogP contribution in [0.15, 0.2) is 0 Å². The molecule has 0 aromatic rings. The predicted molar refractivity (Wildman–Crippen MR) is 39.7 cm³/mol. The lowest BCUT2D eigenvalue weighted by atomic mass is 10.5. The fourth-order valence-corrected chi connectivity index (χ4v) is 0.318. The van der Waals surface area contributed by atoms with Crippen molar-refractivity contribution in [2.45, 2.75) is 26.7 Å². The molecule has 3 nitrogen and oxygen atoms in total. The van der Waals surface area contributed by atoms with E-state index >= 15 is 0 Å². The van der Waals surface area contributed by atoms with Gasteiger partial charge < -0.3 is 9.84 Å². The van der Waals surface area contributed by atoms with Gasteiger partial charge in [0.05, 0.1) is 6.61 Å². The monoisotopic (exact) mass is 148 g/mol. The molecule has 0 fully saturated rings. The molecule has 62 valence electrons. The molecule has 0 amide bonds. The Balaban J connectivity index is 0. The smallest absolute Gasteiger partial charge is 0.305 e. The van der Waals surface area contributed by atoms with Crippen molar-refractivity contribution in [3.63, 3.8) is 0 Å². The normalized spacial score (nSPS) is 7.60. The molecule has 0 rings (SSSR count). The van der Waals surface area contributed by atoms with Gasteiger partial charge in [-0.25, -0.2) is 0 Å². The summed E-state index contributed by atoms with van der Waals surface area (Å²) < 4.78 is 4.70. The summed E-state index contributed by atoms with van der Waals surface area (Å²) in [6.07, 6.45) is 1.39. The quantitative estimate of drug-likeness (QED) is 0.606. The molecule has 0 aliphatic heterocycles. The molecule has 0 bridgehead atoms. The lowest BCUT2D eigenvalue weighted by Gasteiger charge is -1.97. The summed E-state index contributed by atoms with van der Waals surface area (Å²) >= 11 is 0. The molecule has 10 heavy (non-hydrogen) atoms. The van der Waals surface area contributed by atoms with Gasteiger partial charge in [0, 0.05) is 13.5 Å². The maximum atomic E-state index is 10.3. The molecule has 1 N–H and O–H groups in total. The van der Waals surface area contributed by atoms with Crippen LogP contribution in [0.2, 0.25) is 0 Å². The standard InChI is InChI=1S/C6H12O2.CH4O/c1-3-5-8-6(7)4-2;1-2/h3-5H2,1-2H3;2H,1H3. The Morgan fingerprint density at radius 2 is 1.90 bits per heavy atom. The highest BCUT2D eigenvalue weighted by molar-refractivity contribution is 5.68. The molecule has 0 saturated carbocycles. The third kappa shape index (κ3) is 10.4. The molecule has 0 radical (unpaired) electrons. The van der Waals surface area contributed by atoms with Gasteiger partial charge >= 0.3 is 5.97 Å². The number of esters is 1. The second kappa shape index (κ2) is 11.3. The average Bonchev–Trinajstić information content (AvgIpc) is 2.04. The van der Waals surface area contributed by atoms with Gasteiger partial charge in [0.1, 0.15) is 0 Å². The highest BCUT2D eigenvalue weighted by Gasteiger charge is 1.93. The highest BCUT2D eigenvalue weighted by Crippen LogP contribution is 1.85. The lowest BCUT2D eigenvalue weighted by Crippen LogP contribution is -2.02. The van der Waals surface area contributed by atoms with E-state index in [9.17, 15) is 4.79 Å². The van der Waals surface area contributed by atoms with E-state index in [-0.39, 0.29) is 5.97 Å². The average molecular weight is 148 g/mol. The molecule has 0 saturated heterocycles. The van der Waals surface area contributed by atoms with E-state index < -0.39 is 0 Å². The van der Waals surface area contributed by atoms with Crippen molar-refractivity contribution < 1.29 is 14.6 Å². The van der Waals surface area contributed by atoms with Crippen LogP contribution in [0.3, 0.4) is 0 Å². The number of carbonyl (C=O) groups excluding carboxylic acids is 1. The third-order valence-corrected chi connectivity index (χ3v) is 0.756. The van der Waals surface area contributed by atoms with Crippen LogP contribution >= 0.6 is 0 Å². The van der Waals surface area contributed by atoms with Crippen LogP contribution in [-0.2, 0) is 9.53 Å². The fourth-order valence-electron chi connectivity index (χ4n) is 0.318. The number of aliphatic hydroxyl groups is 1. The van der Waals surface area contributed by atoms with E-state index in [1.807, 2.05) is 6.92 Å². The first-order chi connectivity index (χ1) is 4.81. The van der Waals surface area contributed by atoms with Crippen LogP contribution in [0.1, 0.15) is 26.7 Å². The minimum absolute atomic E-state index is 0.105. The van der Waals surface area contributed by atoms with Gasteiger partial charge in [0.2, 0.25) is 0 Å². The van der Waals surface area contributed by atoms with Crippen molar-refractivity contribution in [1.82, 2.24) is 0 Å². The Morgan fingerprint density at radius 1 is 1.40 bits per heavy atom. The predicted octanol–water partition coefficient (Wildman–Crippen LogP) is 0.958. The van der Waals surface area contributed by atoms with Crippen molar-refractivity contribution >= 4 is 5.97 Å². The Morgan fingerprint density at radius 3 is 2.20 bits per heavy atom. The van der Waals surface area contributed by atoms with Crippen molar-refractivity contribution in [3.8, 4) is 0 Å². The van der Waals surface area contributed by atoms with E-state index in [1.54, 1.807) is 6.92 Å². The van der Waals surface area contributed by atoms with E-state index in [4.69, 9.17) is 9.84 Å². The molecule has 0 aliphatic rings. The molecule has 3 heteroatoms. The first-order valence-electron chi connectivity index (χ1n) is 3.41. The van der Waals surface area contributed by atoms with Crippen molar-refractivity contribution in [3.05, 3.63) is 0 Å². The van der Waals surface area contributed by atoms with Gasteiger partial charge in [-0.05, 0) is 6.42 Å². The summed E-state index contributed by atoms with van der Waals surface area (Å²) in [5.74, 6) is -0.105. The van der Waals surface area contributed by atoms with Crippen LogP contribution in [0.25, 0.3) is 0 Å². The number of hydrogen-bond donors (Lipinski definition) is 1. The molecule has 0 aliphatic carbocycles. The first-order valence-corrected chi connectivity index (χ1v) is 3.41. The number of rotatable bonds is 3. The molecule has 0 unspecified atom stereocenters. The number of hydrogen-bond acceptors (Lipinski definition) is 3. The second-order valence-electron chi connectivity index (χ2n) is 1.57. The largest absolute Gasteiger partial charge is 0.466 e. The second-order valence-corrected chi connectivity index (χ2v) is 1.57. The van der Waals surface area contributed by atoms with Crippen LogP contribution in [-0.4, -0.2) is 24.8 Å². The molecule has 0 aromatic carbocycles. The minimum Gasteiger partial charge on any atom is -0.466 e. The summed E-state index contributed by atoms with van der Waals surface area (Å²) in [6, 6.07) is 0. The van der Waals surface area contributed by atoms with Gasteiger partial charge in [0.15, 0.2) is 0 Å². The first kappa shape index (κ1) is 12.1. The summed E-state index contributed by atoms with van der Waals surface area (Å²) in [5, 5.41) is 7.00. The molecule has 0 heterocycles. The SMILES string of the molecule is CCCOC(=O)CC.CO. The summed E-state index contributed by atoms with van der Waals surface area (Å²) in [7, 11) is 1.00. The van der Waals surface area contributed by atoms with E-state index in [1.165, 1.54) is 0 Å². The van der Waals surface area contributed by atoms with Gasteiger partial charge in [-0.3, -0.25) is 4.79 Å². The van der Waals surface area contributed by atoms with Crippen molar-refractivity contribution in [1.29, 1.82) is 0 Å². The van der Waals surface area contributed by atoms with Crippen LogP contribution in [0, 0.1) is 0 Å². The summed E-state index contributed by atoms with van der Waals surface area (Å²) in [5.41, 5.74) is 0. The zero-order chi connectivity index (χ0) is 8.41. The fraction of sp³-hybridized carbons (Fsp3) is 0.857. The summed E-state index contributed by atoms with van der Waals surface area (Å²) in [4.78, 5) is 10.3. The minimum atomic E-state index is -0.105. The van der Waals surface area contributed by atoms with Crippen molar-refractivity contribution in [2.75, 3.05) is 13.7 Å².